The molecule has 2 heterocycles. The number of halogens is 4. The molecule has 0 aliphatic carbocycles. The van der Waals surface area contributed by atoms with E-state index >= 15 is 0 Å². The fourth-order valence-corrected chi connectivity index (χ4v) is 2.48. The Hall–Kier alpha value is -0.970. The van der Waals surface area contributed by atoms with Gasteiger partial charge in [-0.3, -0.25) is 0 Å². The molecule has 0 radical (unpaired) electrons. The zero-order valence-corrected chi connectivity index (χ0v) is 10.7. The molecule has 1 fully saturated rings. The number of piperidine rings is 1. The van der Waals surface area contributed by atoms with E-state index in [2.05, 4.69) is 4.98 Å². The van der Waals surface area contributed by atoms with Gasteiger partial charge < -0.3 is 4.90 Å². The van der Waals surface area contributed by atoms with Crippen LogP contribution in [0.5, 0.6) is 0 Å². The van der Waals surface area contributed by atoms with Crippen LogP contribution >= 0.6 is 11.6 Å². The van der Waals surface area contributed by atoms with Gasteiger partial charge in [-0.25, -0.2) is 4.98 Å². The first kappa shape index (κ1) is 13.5. The SMILES string of the molecule is C[C@H]1CCCCN1c1ncc(C(F)(F)F)cc1Cl. The summed E-state index contributed by atoms with van der Waals surface area (Å²) in [7, 11) is 0. The van der Waals surface area contributed by atoms with E-state index in [0.717, 1.165) is 38.1 Å². The summed E-state index contributed by atoms with van der Waals surface area (Å²) in [4.78, 5) is 5.87. The highest BCUT2D eigenvalue weighted by atomic mass is 35.5. The van der Waals surface area contributed by atoms with Gasteiger partial charge in [-0.15, -0.1) is 0 Å². The molecule has 1 saturated heterocycles. The van der Waals surface area contributed by atoms with Gasteiger partial charge in [-0.2, -0.15) is 13.2 Å². The lowest BCUT2D eigenvalue weighted by Crippen LogP contribution is -2.38. The molecule has 100 valence electrons. The summed E-state index contributed by atoms with van der Waals surface area (Å²) in [6.45, 7) is 2.83. The summed E-state index contributed by atoms with van der Waals surface area (Å²) in [5, 5.41) is 0.0681. The molecule has 18 heavy (non-hydrogen) atoms. The van der Waals surface area contributed by atoms with Gasteiger partial charge in [0.15, 0.2) is 0 Å². The van der Waals surface area contributed by atoms with Crippen molar-refractivity contribution in [2.45, 2.75) is 38.4 Å². The van der Waals surface area contributed by atoms with Gasteiger partial charge in [0.2, 0.25) is 0 Å². The Morgan fingerprint density at radius 2 is 2.11 bits per heavy atom. The standard InChI is InChI=1S/C12H14ClF3N2/c1-8-4-2-3-5-18(8)11-10(13)6-9(7-17-11)12(14,15)16/h6-8H,2-5H2,1H3/t8-/m0/s1. The number of pyridine rings is 1. The number of alkyl halides is 3. The number of anilines is 1. The summed E-state index contributed by atoms with van der Waals surface area (Å²) >= 11 is 5.93. The molecule has 1 aromatic rings. The molecule has 0 bridgehead atoms. The van der Waals surface area contributed by atoms with E-state index in [9.17, 15) is 13.2 Å². The smallest absolute Gasteiger partial charge is 0.353 e. The summed E-state index contributed by atoms with van der Waals surface area (Å²) in [5.41, 5.74) is -0.805. The molecule has 0 amide bonds. The molecule has 1 aliphatic rings. The zero-order valence-electron chi connectivity index (χ0n) is 9.97. The third-order valence-corrected chi connectivity index (χ3v) is 3.50. The van der Waals surface area contributed by atoms with E-state index in [0.29, 0.717) is 5.82 Å². The van der Waals surface area contributed by atoms with Crippen molar-refractivity contribution in [2.75, 3.05) is 11.4 Å². The highest BCUT2D eigenvalue weighted by molar-refractivity contribution is 6.33. The molecule has 2 nitrogen and oxygen atoms in total. The van der Waals surface area contributed by atoms with Crippen LogP contribution in [-0.4, -0.2) is 17.6 Å². The van der Waals surface area contributed by atoms with Gasteiger partial charge in [0.1, 0.15) is 5.82 Å². The van der Waals surface area contributed by atoms with Gasteiger partial charge in [0.25, 0.3) is 0 Å². The van der Waals surface area contributed by atoms with E-state index < -0.39 is 11.7 Å². The Labute approximate surface area is 109 Å². The Balaban J connectivity index is 2.29. The molecule has 0 spiro atoms. The summed E-state index contributed by atoms with van der Waals surface area (Å²) < 4.78 is 37.5. The van der Waals surface area contributed by atoms with Gasteiger partial charge >= 0.3 is 6.18 Å². The Kier molecular flexibility index (Phi) is 3.71. The minimum absolute atomic E-state index is 0.0681. The second kappa shape index (κ2) is 4.96. The van der Waals surface area contributed by atoms with Crippen molar-refractivity contribution in [1.29, 1.82) is 0 Å². The average Bonchev–Trinajstić information content (AvgIpc) is 2.29. The molecule has 1 aromatic heterocycles. The summed E-state index contributed by atoms with van der Waals surface area (Å²) in [6, 6.07) is 1.21. The van der Waals surface area contributed by atoms with E-state index in [1.54, 1.807) is 0 Å². The van der Waals surface area contributed by atoms with Crippen molar-refractivity contribution in [3.8, 4) is 0 Å². The molecule has 1 atom stereocenters. The second-order valence-corrected chi connectivity index (χ2v) is 4.97. The number of aromatic nitrogens is 1. The molecule has 0 saturated carbocycles. The van der Waals surface area contributed by atoms with Gasteiger partial charge in [0, 0.05) is 18.8 Å². The lowest BCUT2D eigenvalue weighted by atomic mass is 10.0. The van der Waals surface area contributed by atoms with Gasteiger partial charge in [-0.05, 0) is 32.3 Å². The van der Waals surface area contributed by atoms with Crippen molar-refractivity contribution in [3.05, 3.63) is 22.8 Å². The fourth-order valence-electron chi connectivity index (χ4n) is 2.21. The average molecular weight is 279 g/mol. The van der Waals surface area contributed by atoms with Crippen molar-refractivity contribution >= 4 is 17.4 Å². The van der Waals surface area contributed by atoms with Crippen LogP contribution in [0.4, 0.5) is 19.0 Å². The fraction of sp³-hybridized carbons (Fsp3) is 0.583. The van der Waals surface area contributed by atoms with Crippen LogP contribution in [0.25, 0.3) is 0 Å². The maximum Gasteiger partial charge on any atom is 0.417 e. The quantitative estimate of drug-likeness (QED) is 0.768. The first-order valence-electron chi connectivity index (χ1n) is 5.89. The number of nitrogens with zero attached hydrogens (tertiary/aromatic N) is 2. The van der Waals surface area contributed by atoms with Crippen LogP contribution in [0.1, 0.15) is 31.7 Å². The Bertz CT molecular complexity index is 434. The van der Waals surface area contributed by atoms with Gasteiger partial charge in [0.05, 0.1) is 10.6 Å². The highest BCUT2D eigenvalue weighted by Gasteiger charge is 2.32. The number of rotatable bonds is 1. The highest BCUT2D eigenvalue weighted by Crippen LogP contribution is 2.35. The van der Waals surface area contributed by atoms with Crippen LogP contribution in [0.15, 0.2) is 12.3 Å². The minimum atomic E-state index is -4.40. The lowest BCUT2D eigenvalue weighted by molar-refractivity contribution is -0.137. The van der Waals surface area contributed by atoms with Crippen molar-refractivity contribution < 1.29 is 13.2 Å². The minimum Gasteiger partial charge on any atom is -0.353 e. The molecule has 0 unspecified atom stereocenters. The predicted octanol–water partition coefficient (Wildman–Crippen LogP) is 4.13. The lowest BCUT2D eigenvalue weighted by Gasteiger charge is -2.35. The third-order valence-electron chi connectivity index (χ3n) is 3.22. The maximum atomic E-state index is 12.5. The normalized spacial score (nSPS) is 21.2. The maximum absolute atomic E-state index is 12.5. The number of hydrogen-bond donors (Lipinski definition) is 0. The molecular formula is C12H14ClF3N2. The van der Waals surface area contributed by atoms with Crippen molar-refractivity contribution in [3.63, 3.8) is 0 Å². The van der Waals surface area contributed by atoms with Crippen LogP contribution in [0, 0.1) is 0 Å². The van der Waals surface area contributed by atoms with Crippen LogP contribution in [-0.2, 0) is 6.18 Å². The molecule has 2 rings (SSSR count). The van der Waals surface area contributed by atoms with Crippen molar-refractivity contribution in [2.24, 2.45) is 0 Å². The van der Waals surface area contributed by atoms with E-state index in [1.165, 1.54) is 0 Å². The largest absolute Gasteiger partial charge is 0.417 e. The van der Waals surface area contributed by atoms with Crippen LogP contribution < -0.4 is 4.90 Å². The number of hydrogen-bond acceptors (Lipinski definition) is 2. The second-order valence-electron chi connectivity index (χ2n) is 4.57. The molecule has 6 heteroatoms. The molecule has 0 N–H and O–H groups in total. The summed E-state index contributed by atoms with van der Waals surface area (Å²) in [5.74, 6) is 0.455. The van der Waals surface area contributed by atoms with Crippen LogP contribution in [0.2, 0.25) is 5.02 Å². The third kappa shape index (κ3) is 2.71. The topological polar surface area (TPSA) is 16.1 Å². The predicted molar refractivity (Wildman–Crippen MR) is 64.9 cm³/mol. The molecule has 1 aliphatic heterocycles. The molecule has 0 aromatic carbocycles. The Morgan fingerprint density at radius 3 is 2.67 bits per heavy atom. The summed E-state index contributed by atoms with van der Waals surface area (Å²) in [6.07, 6.45) is -0.385. The van der Waals surface area contributed by atoms with Crippen LogP contribution in [0.3, 0.4) is 0 Å². The van der Waals surface area contributed by atoms with Gasteiger partial charge in [-0.1, -0.05) is 11.6 Å². The Morgan fingerprint density at radius 1 is 1.39 bits per heavy atom. The van der Waals surface area contributed by atoms with Crippen molar-refractivity contribution in [1.82, 2.24) is 4.98 Å². The van der Waals surface area contributed by atoms with E-state index in [1.807, 2.05) is 11.8 Å². The first-order chi connectivity index (χ1) is 8.39. The monoisotopic (exact) mass is 278 g/mol. The molecular weight excluding hydrogens is 265 g/mol. The van der Waals surface area contributed by atoms with E-state index in [4.69, 9.17) is 11.6 Å². The van der Waals surface area contributed by atoms with E-state index in [-0.39, 0.29) is 11.1 Å². The first-order valence-corrected chi connectivity index (χ1v) is 6.27. The zero-order chi connectivity index (χ0) is 13.3.